The van der Waals surface area contributed by atoms with Crippen LogP contribution in [0.15, 0.2) is 30.3 Å². The van der Waals surface area contributed by atoms with Crippen LogP contribution in [-0.2, 0) is 4.79 Å². The van der Waals surface area contributed by atoms with Crippen LogP contribution in [0.25, 0.3) is 0 Å². The van der Waals surface area contributed by atoms with Gasteiger partial charge in [-0.25, -0.2) is 0 Å². The van der Waals surface area contributed by atoms with Crippen molar-refractivity contribution < 1.29 is 9.59 Å². The highest BCUT2D eigenvalue weighted by molar-refractivity contribution is 5.94. The Labute approximate surface area is 163 Å². The molecule has 1 aromatic carbocycles. The van der Waals surface area contributed by atoms with Gasteiger partial charge in [0.2, 0.25) is 5.91 Å². The highest BCUT2D eigenvalue weighted by Gasteiger charge is 2.38. The standard InChI is InChI=1S/C20H31N3O2.ClH/c1-3-20(4-2,15-21)19(25)23-12-8-9-16(14-23)13-22-18(24)17-10-6-5-7-11-17;/h5-7,10-11,16H,3-4,8-9,12-15,21H2,1-2H3,(H,22,24);1H. The van der Waals surface area contributed by atoms with Crippen LogP contribution >= 0.6 is 12.4 Å². The summed E-state index contributed by atoms with van der Waals surface area (Å²) in [5.74, 6) is 0.427. The van der Waals surface area contributed by atoms with Crippen molar-refractivity contribution in [3.05, 3.63) is 35.9 Å². The Bertz CT molecular complexity index is 567. The van der Waals surface area contributed by atoms with Gasteiger partial charge in [0.15, 0.2) is 0 Å². The number of amides is 2. The second kappa shape index (κ2) is 10.5. The Hall–Kier alpha value is -1.59. The first kappa shape index (κ1) is 22.5. The van der Waals surface area contributed by atoms with E-state index in [9.17, 15) is 9.59 Å². The number of piperidine rings is 1. The fraction of sp³-hybridized carbons (Fsp3) is 0.600. The van der Waals surface area contributed by atoms with Crippen LogP contribution in [0.4, 0.5) is 0 Å². The number of likely N-dealkylation sites (tertiary alicyclic amines) is 1. The molecule has 5 nitrogen and oxygen atoms in total. The SMILES string of the molecule is CCC(CC)(CN)C(=O)N1CCCC(CNC(=O)c2ccccc2)C1.Cl. The number of hydrogen-bond donors (Lipinski definition) is 2. The van der Waals surface area contributed by atoms with Crippen molar-refractivity contribution in [3.63, 3.8) is 0 Å². The number of carbonyl (C=O) groups is 2. The average Bonchev–Trinajstić information content (AvgIpc) is 2.68. The quantitative estimate of drug-likeness (QED) is 0.762. The molecule has 0 bridgehead atoms. The topological polar surface area (TPSA) is 75.4 Å². The Kier molecular flexibility index (Phi) is 9.09. The molecule has 6 heteroatoms. The molecule has 1 heterocycles. The lowest BCUT2D eigenvalue weighted by molar-refractivity contribution is -0.144. The Balaban J connectivity index is 0.00000338. The smallest absolute Gasteiger partial charge is 0.251 e. The molecule has 146 valence electrons. The largest absolute Gasteiger partial charge is 0.352 e. The molecule has 0 saturated carbocycles. The maximum absolute atomic E-state index is 13.0. The van der Waals surface area contributed by atoms with Crippen molar-refractivity contribution in [2.24, 2.45) is 17.1 Å². The van der Waals surface area contributed by atoms with Crippen LogP contribution in [0.5, 0.6) is 0 Å². The third-order valence-electron chi connectivity index (χ3n) is 5.59. The van der Waals surface area contributed by atoms with Gasteiger partial charge in [-0.2, -0.15) is 0 Å². The van der Waals surface area contributed by atoms with Crippen LogP contribution in [0.3, 0.4) is 0 Å². The molecule has 0 aromatic heterocycles. The first-order valence-corrected chi connectivity index (χ1v) is 9.39. The van der Waals surface area contributed by atoms with E-state index in [0.717, 1.165) is 32.2 Å². The van der Waals surface area contributed by atoms with Crippen molar-refractivity contribution in [2.75, 3.05) is 26.2 Å². The number of carbonyl (C=O) groups excluding carboxylic acids is 2. The van der Waals surface area contributed by atoms with E-state index in [0.29, 0.717) is 31.1 Å². The second-order valence-electron chi connectivity index (χ2n) is 7.03. The predicted octanol–water partition coefficient (Wildman–Crippen LogP) is 2.84. The lowest BCUT2D eigenvalue weighted by Crippen LogP contribution is -2.51. The van der Waals surface area contributed by atoms with Crippen molar-refractivity contribution >= 4 is 24.2 Å². The summed E-state index contributed by atoms with van der Waals surface area (Å²) in [6, 6.07) is 9.23. The lowest BCUT2D eigenvalue weighted by Gasteiger charge is -2.39. The molecule has 1 saturated heterocycles. The number of rotatable bonds is 7. The summed E-state index contributed by atoms with van der Waals surface area (Å²) >= 11 is 0. The third-order valence-corrected chi connectivity index (χ3v) is 5.59. The number of hydrogen-bond acceptors (Lipinski definition) is 3. The highest BCUT2D eigenvalue weighted by atomic mass is 35.5. The van der Waals surface area contributed by atoms with Gasteiger partial charge in [0.25, 0.3) is 5.91 Å². The Morgan fingerprint density at radius 3 is 2.46 bits per heavy atom. The first-order valence-electron chi connectivity index (χ1n) is 9.39. The molecule has 26 heavy (non-hydrogen) atoms. The minimum Gasteiger partial charge on any atom is -0.352 e. The van der Waals surface area contributed by atoms with E-state index < -0.39 is 5.41 Å². The maximum atomic E-state index is 13.0. The predicted molar refractivity (Wildman–Crippen MR) is 107 cm³/mol. The summed E-state index contributed by atoms with van der Waals surface area (Å²) in [6.07, 6.45) is 3.55. The van der Waals surface area contributed by atoms with Gasteiger partial charge in [-0.3, -0.25) is 9.59 Å². The molecule has 3 N–H and O–H groups in total. The van der Waals surface area contributed by atoms with Crippen molar-refractivity contribution in [3.8, 4) is 0 Å². The zero-order valence-corrected chi connectivity index (χ0v) is 16.7. The van der Waals surface area contributed by atoms with Crippen molar-refractivity contribution in [1.29, 1.82) is 0 Å². The molecule has 1 aliphatic heterocycles. The van der Waals surface area contributed by atoms with Gasteiger partial charge in [0, 0.05) is 31.7 Å². The summed E-state index contributed by atoms with van der Waals surface area (Å²) < 4.78 is 0. The molecule has 1 aromatic rings. The van der Waals surface area contributed by atoms with Gasteiger partial charge in [-0.1, -0.05) is 32.0 Å². The van der Waals surface area contributed by atoms with E-state index in [4.69, 9.17) is 5.73 Å². The fourth-order valence-corrected chi connectivity index (χ4v) is 3.61. The number of halogens is 1. The first-order chi connectivity index (χ1) is 12.1. The minimum atomic E-state index is -0.435. The number of nitrogens with one attached hydrogen (secondary N) is 1. The molecule has 0 spiro atoms. The monoisotopic (exact) mass is 381 g/mol. The zero-order valence-electron chi connectivity index (χ0n) is 15.9. The maximum Gasteiger partial charge on any atom is 0.251 e. The van der Waals surface area contributed by atoms with Crippen molar-refractivity contribution in [2.45, 2.75) is 39.5 Å². The Morgan fingerprint density at radius 1 is 1.23 bits per heavy atom. The van der Waals surface area contributed by atoms with E-state index in [-0.39, 0.29) is 24.2 Å². The van der Waals surface area contributed by atoms with Gasteiger partial charge in [0.1, 0.15) is 0 Å². The summed E-state index contributed by atoms with van der Waals surface area (Å²) in [6.45, 7) is 6.57. The van der Waals surface area contributed by atoms with Gasteiger partial charge in [-0.05, 0) is 43.7 Å². The Morgan fingerprint density at radius 2 is 1.88 bits per heavy atom. The summed E-state index contributed by atoms with van der Waals surface area (Å²) in [7, 11) is 0. The van der Waals surface area contributed by atoms with Gasteiger partial charge < -0.3 is 16.0 Å². The van der Waals surface area contributed by atoms with E-state index in [1.807, 2.05) is 49.1 Å². The van der Waals surface area contributed by atoms with E-state index in [1.165, 1.54) is 0 Å². The van der Waals surface area contributed by atoms with E-state index in [2.05, 4.69) is 5.32 Å². The zero-order chi connectivity index (χ0) is 18.3. The van der Waals surface area contributed by atoms with E-state index >= 15 is 0 Å². The molecule has 1 unspecified atom stereocenters. The summed E-state index contributed by atoms with van der Waals surface area (Å²) in [5, 5.41) is 3.01. The van der Waals surface area contributed by atoms with Gasteiger partial charge >= 0.3 is 0 Å². The summed E-state index contributed by atoms with van der Waals surface area (Å²) in [4.78, 5) is 27.1. The fourth-order valence-electron chi connectivity index (χ4n) is 3.61. The molecule has 1 aliphatic rings. The van der Waals surface area contributed by atoms with Gasteiger partial charge in [0.05, 0.1) is 5.41 Å². The number of benzene rings is 1. The average molecular weight is 382 g/mol. The molecular formula is C20H32ClN3O2. The van der Waals surface area contributed by atoms with Crippen LogP contribution < -0.4 is 11.1 Å². The second-order valence-corrected chi connectivity index (χ2v) is 7.03. The molecule has 0 aliphatic carbocycles. The number of nitrogens with two attached hydrogens (primary N) is 1. The molecular weight excluding hydrogens is 350 g/mol. The van der Waals surface area contributed by atoms with Crippen molar-refractivity contribution in [1.82, 2.24) is 10.2 Å². The minimum absolute atomic E-state index is 0. The van der Waals surface area contributed by atoms with Crippen LogP contribution in [-0.4, -0.2) is 42.9 Å². The van der Waals surface area contributed by atoms with Crippen LogP contribution in [0.2, 0.25) is 0 Å². The number of nitrogens with zero attached hydrogens (tertiary/aromatic N) is 1. The third kappa shape index (κ3) is 5.21. The normalized spacial score (nSPS) is 17.3. The lowest BCUT2D eigenvalue weighted by atomic mass is 9.80. The van der Waals surface area contributed by atoms with Crippen LogP contribution in [0.1, 0.15) is 49.9 Å². The van der Waals surface area contributed by atoms with E-state index in [1.54, 1.807) is 0 Å². The highest BCUT2D eigenvalue weighted by Crippen LogP contribution is 2.30. The molecule has 1 atom stereocenters. The molecule has 2 amide bonds. The summed E-state index contributed by atoms with van der Waals surface area (Å²) in [5.41, 5.74) is 6.17. The molecule has 1 fully saturated rings. The molecule has 0 radical (unpaired) electrons. The van der Waals surface area contributed by atoms with Gasteiger partial charge in [-0.15, -0.1) is 12.4 Å². The molecule has 2 rings (SSSR count). The van der Waals surface area contributed by atoms with Crippen LogP contribution in [0, 0.1) is 11.3 Å².